The highest BCUT2D eigenvalue weighted by atomic mass is 16.4. The van der Waals surface area contributed by atoms with Crippen LogP contribution in [0.2, 0.25) is 0 Å². The minimum atomic E-state index is -0.805. The summed E-state index contributed by atoms with van der Waals surface area (Å²) in [4.78, 5) is 33.3. The number of unbranched alkanes of at least 4 members (excludes halogenated alkanes) is 2. The number of urea groups is 1. The van der Waals surface area contributed by atoms with Crippen molar-refractivity contribution in [2.45, 2.75) is 58.5 Å². The summed E-state index contributed by atoms with van der Waals surface area (Å²) in [6, 6.07) is -0.955. The molecular weight excluding hydrogens is 262 g/mol. The Hall–Kier alpha value is -1.79. The highest BCUT2D eigenvalue weighted by Gasteiger charge is 2.15. The van der Waals surface area contributed by atoms with Crippen molar-refractivity contribution in [1.29, 1.82) is 0 Å². The van der Waals surface area contributed by atoms with Crippen molar-refractivity contribution in [2.24, 2.45) is 0 Å². The lowest BCUT2D eigenvalue weighted by Gasteiger charge is -2.16. The third-order valence-corrected chi connectivity index (χ3v) is 2.52. The summed E-state index contributed by atoms with van der Waals surface area (Å²) in [6.45, 7) is 5.78. The van der Waals surface area contributed by atoms with Gasteiger partial charge in [-0.05, 0) is 33.6 Å². The fourth-order valence-electron chi connectivity index (χ4n) is 1.50. The number of amides is 3. The molecule has 0 heterocycles. The number of hydrogen-bond acceptors (Lipinski definition) is 3. The van der Waals surface area contributed by atoms with Crippen molar-refractivity contribution in [3.63, 3.8) is 0 Å². The number of carboxylic acid groups (broad SMARTS) is 1. The molecule has 0 rings (SSSR count). The van der Waals surface area contributed by atoms with Gasteiger partial charge in [0, 0.05) is 19.0 Å². The predicted molar refractivity (Wildman–Crippen MR) is 75.4 cm³/mol. The molecule has 7 nitrogen and oxygen atoms in total. The van der Waals surface area contributed by atoms with E-state index in [0.29, 0.717) is 19.4 Å². The Bertz CT molecular complexity index is 332. The lowest BCUT2D eigenvalue weighted by molar-refractivity contribution is -0.137. The van der Waals surface area contributed by atoms with Gasteiger partial charge in [0.15, 0.2) is 0 Å². The van der Waals surface area contributed by atoms with E-state index < -0.39 is 18.0 Å². The van der Waals surface area contributed by atoms with Crippen LogP contribution in [0.4, 0.5) is 4.79 Å². The highest BCUT2D eigenvalue weighted by Crippen LogP contribution is 1.98. The van der Waals surface area contributed by atoms with Gasteiger partial charge in [0.25, 0.3) is 0 Å². The van der Waals surface area contributed by atoms with Gasteiger partial charge in [-0.1, -0.05) is 6.42 Å². The van der Waals surface area contributed by atoms with Crippen molar-refractivity contribution in [1.82, 2.24) is 16.0 Å². The van der Waals surface area contributed by atoms with Crippen LogP contribution in [-0.4, -0.2) is 41.6 Å². The van der Waals surface area contributed by atoms with E-state index in [0.717, 1.165) is 6.42 Å². The first-order valence-electron chi connectivity index (χ1n) is 6.89. The van der Waals surface area contributed by atoms with Crippen LogP contribution < -0.4 is 16.0 Å². The molecule has 0 bridgehead atoms. The van der Waals surface area contributed by atoms with E-state index in [4.69, 9.17) is 5.11 Å². The Morgan fingerprint density at radius 1 is 1.00 bits per heavy atom. The summed E-state index contributed by atoms with van der Waals surface area (Å²) < 4.78 is 0. The van der Waals surface area contributed by atoms with Gasteiger partial charge in [-0.3, -0.25) is 9.59 Å². The summed E-state index contributed by atoms with van der Waals surface area (Å²) >= 11 is 0. The van der Waals surface area contributed by atoms with E-state index in [2.05, 4.69) is 16.0 Å². The Kier molecular flexibility index (Phi) is 9.15. The number of carbonyl (C=O) groups is 3. The van der Waals surface area contributed by atoms with Gasteiger partial charge in [-0.2, -0.15) is 0 Å². The van der Waals surface area contributed by atoms with Crippen LogP contribution in [0.5, 0.6) is 0 Å². The van der Waals surface area contributed by atoms with Crippen molar-refractivity contribution < 1.29 is 19.5 Å². The van der Waals surface area contributed by atoms with Crippen LogP contribution in [0.25, 0.3) is 0 Å². The Morgan fingerprint density at radius 2 is 1.65 bits per heavy atom. The molecule has 116 valence electrons. The molecular formula is C13H25N3O4. The fourth-order valence-corrected chi connectivity index (χ4v) is 1.50. The van der Waals surface area contributed by atoms with Crippen LogP contribution in [0.3, 0.4) is 0 Å². The van der Waals surface area contributed by atoms with E-state index in [9.17, 15) is 14.4 Å². The smallest absolute Gasteiger partial charge is 0.315 e. The van der Waals surface area contributed by atoms with Gasteiger partial charge >= 0.3 is 12.0 Å². The molecule has 0 saturated carbocycles. The monoisotopic (exact) mass is 287 g/mol. The molecule has 0 aliphatic carbocycles. The molecule has 4 N–H and O–H groups in total. The molecule has 0 aromatic rings. The molecule has 0 aliphatic heterocycles. The summed E-state index contributed by atoms with van der Waals surface area (Å²) in [5.74, 6) is -1.03. The number of hydrogen-bond donors (Lipinski definition) is 4. The molecule has 0 aliphatic rings. The second-order valence-electron chi connectivity index (χ2n) is 4.99. The minimum Gasteiger partial charge on any atom is -0.481 e. The zero-order valence-electron chi connectivity index (χ0n) is 12.4. The van der Waals surface area contributed by atoms with Crippen LogP contribution in [0.1, 0.15) is 46.5 Å². The Labute approximate surface area is 119 Å². The Balaban J connectivity index is 3.67. The van der Waals surface area contributed by atoms with Crippen LogP contribution in [0.15, 0.2) is 0 Å². The molecule has 7 heteroatoms. The second kappa shape index (κ2) is 10.1. The van der Waals surface area contributed by atoms with E-state index in [1.165, 1.54) is 0 Å². The standard InChI is InChI=1S/C13H25N3O4/c1-9(2)15-12(19)10(3)16-13(20)14-8-6-4-5-7-11(17)18/h9-10H,4-8H2,1-3H3,(H,15,19)(H,17,18)(H2,14,16,20). The van der Waals surface area contributed by atoms with Crippen molar-refractivity contribution >= 4 is 17.9 Å². The van der Waals surface area contributed by atoms with Crippen molar-refractivity contribution in [2.75, 3.05) is 6.54 Å². The van der Waals surface area contributed by atoms with E-state index in [1.54, 1.807) is 6.92 Å². The summed E-state index contributed by atoms with van der Waals surface area (Å²) in [5, 5.41) is 16.3. The third-order valence-electron chi connectivity index (χ3n) is 2.52. The number of aliphatic carboxylic acids is 1. The minimum absolute atomic E-state index is 0.0315. The van der Waals surface area contributed by atoms with Gasteiger partial charge in [0.2, 0.25) is 5.91 Å². The number of carbonyl (C=O) groups excluding carboxylic acids is 2. The molecule has 0 aromatic heterocycles. The lowest BCUT2D eigenvalue weighted by Crippen LogP contribution is -2.49. The van der Waals surface area contributed by atoms with Crippen LogP contribution >= 0.6 is 0 Å². The molecule has 0 spiro atoms. The summed E-state index contributed by atoms with van der Waals surface area (Å²) in [6.07, 6.45) is 2.22. The first-order valence-corrected chi connectivity index (χ1v) is 6.89. The van der Waals surface area contributed by atoms with E-state index in [1.807, 2.05) is 13.8 Å². The molecule has 0 radical (unpaired) electrons. The second-order valence-corrected chi connectivity index (χ2v) is 4.99. The SMILES string of the molecule is CC(C)NC(=O)C(C)NC(=O)NCCCCCC(=O)O. The fraction of sp³-hybridized carbons (Fsp3) is 0.769. The third kappa shape index (κ3) is 10.2. The lowest BCUT2D eigenvalue weighted by atomic mass is 10.2. The number of nitrogens with one attached hydrogen (secondary N) is 3. The highest BCUT2D eigenvalue weighted by molar-refractivity contribution is 5.86. The average Bonchev–Trinajstić information content (AvgIpc) is 2.32. The van der Waals surface area contributed by atoms with Crippen LogP contribution in [-0.2, 0) is 9.59 Å². The molecule has 1 unspecified atom stereocenters. The van der Waals surface area contributed by atoms with Crippen molar-refractivity contribution in [3.05, 3.63) is 0 Å². The van der Waals surface area contributed by atoms with Gasteiger partial charge in [0.05, 0.1) is 0 Å². The maximum absolute atomic E-state index is 11.6. The quantitative estimate of drug-likeness (QED) is 0.471. The first kappa shape index (κ1) is 18.2. The first-order chi connectivity index (χ1) is 9.32. The van der Waals surface area contributed by atoms with Gasteiger partial charge in [0.1, 0.15) is 6.04 Å². The molecule has 3 amide bonds. The normalized spacial score (nSPS) is 11.8. The molecule has 20 heavy (non-hydrogen) atoms. The molecule has 0 aromatic carbocycles. The maximum Gasteiger partial charge on any atom is 0.315 e. The zero-order valence-corrected chi connectivity index (χ0v) is 12.4. The van der Waals surface area contributed by atoms with Gasteiger partial charge < -0.3 is 21.1 Å². The number of carboxylic acids is 1. The largest absolute Gasteiger partial charge is 0.481 e. The van der Waals surface area contributed by atoms with Crippen molar-refractivity contribution in [3.8, 4) is 0 Å². The van der Waals surface area contributed by atoms with Gasteiger partial charge in [-0.15, -0.1) is 0 Å². The maximum atomic E-state index is 11.6. The van der Waals surface area contributed by atoms with E-state index >= 15 is 0 Å². The van der Waals surface area contributed by atoms with Crippen LogP contribution in [0, 0.1) is 0 Å². The van der Waals surface area contributed by atoms with Gasteiger partial charge in [-0.25, -0.2) is 4.79 Å². The summed E-state index contributed by atoms with van der Waals surface area (Å²) in [5.41, 5.74) is 0. The topological polar surface area (TPSA) is 108 Å². The zero-order chi connectivity index (χ0) is 15.5. The average molecular weight is 287 g/mol. The van der Waals surface area contributed by atoms with E-state index in [-0.39, 0.29) is 18.4 Å². The molecule has 0 saturated heterocycles. The predicted octanol–water partition coefficient (Wildman–Crippen LogP) is 0.844. The summed E-state index contributed by atoms with van der Waals surface area (Å²) in [7, 11) is 0. The number of rotatable bonds is 9. The molecule has 1 atom stereocenters. The Morgan fingerprint density at radius 3 is 2.20 bits per heavy atom. The molecule has 0 fully saturated rings.